The highest BCUT2D eigenvalue weighted by molar-refractivity contribution is 5.24. The summed E-state index contributed by atoms with van der Waals surface area (Å²) in [6.45, 7) is -0.275. The maximum atomic E-state index is 12.1. The number of benzene rings is 1. The molecule has 0 spiro atoms. The summed E-state index contributed by atoms with van der Waals surface area (Å²) in [6, 6.07) is 7.09. The van der Waals surface area contributed by atoms with Crippen LogP contribution in [-0.4, -0.2) is 18.9 Å². The molecule has 0 heterocycles. The topological polar surface area (TPSA) is 29.5 Å². The number of halogens is 1. The average molecular weight is 184 g/mol. The van der Waals surface area contributed by atoms with Crippen LogP contribution in [0.4, 0.5) is 4.39 Å². The van der Waals surface area contributed by atoms with E-state index in [4.69, 9.17) is 4.74 Å². The van der Waals surface area contributed by atoms with E-state index < -0.39 is 12.8 Å². The van der Waals surface area contributed by atoms with Crippen LogP contribution in [0.15, 0.2) is 24.3 Å². The van der Waals surface area contributed by atoms with E-state index in [-0.39, 0.29) is 0 Å². The lowest BCUT2D eigenvalue weighted by atomic mass is 10.1. The van der Waals surface area contributed by atoms with Crippen LogP contribution in [0.25, 0.3) is 0 Å². The molecule has 1 unspecified atom stereocenters. The van der Waals surface area contributed by atoms with Gasteiger partial charge in [0, 0.05) is 7.11 Å². The first-order valence-electron chi connectivity index (χ1n) is 4.09. The number of rotatable bonds is 4. The van der Waals surface area contributed by atoms with Crippen LogP contribution in [0, 0.1) is 0 Å². The summed E-state index contributed by atoms with van der Waals surface area (Å²) >= 11 is 0. The molecule has 0 aliphatic heterocycles. The van der Waals surface area contributed by atoms with E-state index in [2.05, 4.69) is 0 Å². The van der Waals surface area contributed by atoms with E-state index in [1.807, 2.05) is 6.07 Å². The quantitative estimate of drug-likeness (QED) is 0.773. The summed E-state index contributed by atoms with van der Waals surface area (Å²) in [5.41, 5.74) is 1.53. The number of ether oxygens (including phenoxy) is 1. The maximum Gasteiger partial charge on any atom is 0.119 e. The van der Waals surface area contributed by atoms with Crippen molar-refractivity contribution in [2.45, 2.75) is 12.7 Å². The van der Waals surface area contributed by atoms with E-state index in [1.54, 1.807) is 25.3 Å². The minimum Gasteiger partial charge on any atom is -0.386 e. The number of aliphatic hydroxyl groups is 1. The van der Waals surface area contributed by atoms with Crippen LogP contribution in [0.1, 0.15) is 17.2 Å². The van der Waals surface area contributed by atoms with Gasteiger partial charge in [-0.1, -0.05) is 24.3 Å². The number of hydrogen-bond donors (Lipinski definition) is 1. The summed E-state index contributed by atoms with van der Waals surface area (Å²) < 4.78 is 17.0. The van der Waals surface area contributed by atoms with Crippen LogP contribution in [0.2, 0.25) is 0 Å². The molecule has 3 heteroatoms. The zero-order valence-corrected chi connectivity index (χ0v) is 7.53. The fourth-order valence-corrected chi connectivity index (χ4v) is 1.15. The van der Waals surface area contributed by atoms with Gasteiger partial charge in [0.15, 0.2) is 0 Å². The highest BCUT2D eigenvalue weighted by atomic mass is 19.1. The molecule has 0 aromatic heterocycles. The van der Waals surface area contributed by atoms with Crippen LogP contribution >= 0.6 is 0 Å². The second-order valence-electron chi connectivity index (χ2n) is 2.85. The third-order valence-corrected chi connectivity index (χ3v) is 1.79. The van der Waals surface area contributed by atoms with Crippen LogP contribution in [-0.2, 0) is 11.3 Å². The Morgan fingerprint density at radius 1 is 1.54 bits per heavy atom. The summed E-state index contributed by atoms with van der Waals surface area (Å²) in [4.78, 5) is 0. The molecule has 1 N–H and O–H groups in total. The molecule has 0 bridgehead atoms. The van der Waals surface area contributed by atoms with E-state index in [0.29, 0.717) is 12.2 Å². The number of alkyl halides is 1. The Morgan fingerprint density at radius 3 is 2.92 bits per heavy atom. The number of methoxy groups -OCH3 is 1. The molecule has 0 saturated heterocycles. The van der Waals surface area contributed by atoms with Gasteiger partial charge in [0.05, 0.1) is 6.61 Å². The Hall–Kier alpha value is -0.930. The molecule has 1 atom stereocenters. The predicted octanol–water partition coefficient (Wildman–Crippen LogP) is 1.84. The summed E-state index contributed by atoms with van der Waals surface area (Å²) in [7, 11) is 1.60. The largest absolute Gasteiger partial charge is 0.386 e. The third kappa shape index (κ3) is 2.79. The monoisotopic (exact) mass is 184 g/mol. The summed E-state index contributed by atoms with van der Waals surface area (Å²) in [5.74, 6) is 0. The molecule has 0 saturated carbocycles. The Morgan fingerprint density at radius 2 is 2.31 bits per heavy atom. The van der Waals surface area contributed by atoms with Crippen LogP contribution in [0.3, 0.4) is 0 Å². The van der Waals surface area contributed by atoms with Crippen LogP contribution < -0.4 is 0 Å². The zero-order chi connectivity index (χ0) is 9.68. The SMILES string of the molecule is COCc1cccc(C(O)CF)c1. The Labute approximate surface area is 77.0 Å². The fourth-order valence-electron chi connectivity index (χ4n) is 1.15. The molecule has 0 aliphatic carbocycles. The molecule has 1 aromatic carbocycles. The van der Waals surface area contributed by atoms with Gasteiger partial charge in [0.25, 0.3) is 0 Å². The van der Waals surface area contributed by atoms with Crippen molar-refractivity contribution >= 4 is 0 Å². The van der Waals surface area contributed by atoms with E-state index in [9.17, 15) is 9.50 Å². The Balaban J connectivity index is 2.78. The molecule has 2 nitrogen and oxygen atoms in total. The molecule has 13 heavy (non-hydrogen) atoms. The molecule has 0 fully saturated rings. The van der Waals surface area contributed by atoms with Gasteiger partial charge in [-0.05, 0) is 11.1 Å². The van der Waals surface area contributed by atoms with Gasteiger partial charge in [-0.3, -0.25) is 0 Å². The van der Waals surface area contributed by atoms with Crippen molar-refractivity contribution in [2.75, 3.05) is 13.8 Å². The van der Waals surface area contributed by atoms with Crippen molar-refractivity contribution in [3.05, 3.63) is 35.4 Å². The highest BCUT2D eigenvalue weighted by Gasteiger charge is 2.06. The molecule has 1 rings (SSSR count). The molecule has 0 radical (unpaired) electrons. The number of aliphatic hydroxyl groups excluding tert-OH is 1. The van der Waals surface area contributed by atoms with E-state index in [1.165, 1.54) is 0 Å². The molecular weight excluding hydrogens is 171 g/mol. The van der Waals surface area contributed by atoms with Crippen molar-refractivity contribution < 1.29 is 14.2 Å². The molecular formula is C10H13FO2. The first kappa shape index (κ1) is 10.2. The second kappa shape index (κ2) is 4.94. The van der Waals surface area contributed by atoms with Gasteiger partial charge in [-0.15, -0.1) is 0 Å². The molecule has 0 amide bonds. The smallest absolute Gasteiger partial charge is 0.119 e. The fraction of sp³-hybridized carbons (Fsp3) is 0.400. The minimum atomic E-state index is -1.02. The first-order valence-corrected chi connectivity index (χ1v) is 4.09. The van der Waals surface area contributed by atoms with Gasteiger partial charge in [0.1, 0.15) is 12.8 Å². The molecule has 1 aromatic rings. The normalized spacial score (nSPS) is 12.8. The van der Waals surface area contributed by atoms with Crippen LogP contribution in [0.5, 0.6) is 0 Å². The summed E-state index contributed by atoms with van der Waals surface area (Å²) in [6.07, 6.45) is -1.02. The van der Waals surface area contributed by atoms with Crippen molar-refractivity contribution in [3.8, 4) is 0 Å². The van der Waals surface area contributed by atoms with Crippen molar-refractivity contribution in [2.24, 2.45) is 0 Å². The average Bonchev–Trinajstić information content (AvgIpc) is 2.18. The van der Waals surface area contributed by atoms with Crippen molar-refractivity contribution in [1.82, 2.24) is 0 Å². The minimum absolute atomic E-state index is 0.479. The van der Waals surface area contributed by atoms with Gasteiger partial charge in [-0.2, -0.15) is 0 Å². The Bertz CT molecular complexity index is 263. The predicted molar refractivity (Wildman–Crippen MR) is 48.1 cm³/mol. The Kier molecular flexibility index (Phi) is 3.86. The lowest BCUT2D eigenvalue weighted by Crippen LogP contribution is -2.00. The van der Waals surface area contributed by atoms with Gasteiger partial charge >= 0.3 is 0 Å². The standard InChI is InChI=1S/C10H13FO2/c1-13-7-8-3-2-4-9(5-8)10(12)6-11/h2-5,10,12H,6-7H2,1H3. The molecule has 0 aliphatic rings. The third-order valence-electron chi connectivity index (χ3n) is 1.79. The maximum absolute atomic E-state index is 12.1. The lowest BCUT2D eigenvalue weighted by Gasteiger charge is -2.07. The zero-order valence-electron chi connectivity index (χ0n) is 7.53. The summed E-state index contributed by atoms with van der Waals surface area (Å²) in [5, 5.41) is 9.21. The first-order chi connectivity index (χ1) is 6.27. The van der Waals surface area contributed by atoms with Crippen molar-refractivity contribution in [3.63, 3.8) is 0 Å². The lowest BCUT2D eigenvalue weighted by molar-refractivity contribution is 0.141. The second-order valence-corrected chi connectivity index (χ2v) is 2.85. The van der Waals surface area contributed by atoms with E-state index >= 15 is 0 Å². The van der Waals surface area contributed by atoms with Crippen molar-refractivity contribution in [1.29, 1.82) is 0 Å². The highest BCUT2D eigenvalue weighted by Crippen LogP contribution is 2.15. The van der Waals surface area contributed by atoms with Gasteiger partial charge in [0.2, 0.25) is 0 Å². The van der Waals surface area contributed by atoms with E-state index in [0.717, 1.165) is 5.56 Å². The number of hydrogen-bond acceptors (Lipinski definition) is 2. The van der Waals surface area contributed by atoms with Gasteiger partial charge < -0.3 is 9.84 Å². The molecule has 72 valence electrons. The van der Waals surface area contributed by atoms with Gasteiger partial charge in [-0.25, -0.2) is 4.39 Å².